The molecule has 1 heterocycles. The van der Waals surface area contributed by atoms with Crippen LogP contribution in [0, 0.1) is 5.92 Å². The molecule has 1 aromatic rings. The molecule has 0 aliphatic heterocycles. The van der Waals surface area contributed by atoms with Crippen LogP contribution in [-0.4, -0.2) is 40.3 Å². The maximum absolute atomic E-state index is 11.3. The zero-order chi connectivity index (χ0) is 13.8. The molecule has 1 amide bonds. The number of carboxylic acid groups (broad SMARTS) is 1. The third-order valence-corrected chi connectivity index (χ3v) is 3.26. The third-order valence-electron chi connectivity index (χ3n) is 3.26. The van der Waals surface area contributed by atoms with E-state index in [1.54, 1.807) is 12.1 Å². The number of anilines is 1. The highest BCUT2D eigenvalue weighted by Crippen LogP contribution is 2.27. The number of carbonyl (C=O) groups is 2. The summed E-state index contributed by atoms with van der Waals surface area (Å²) in [6.45, 7) is 0. The number of nitrogens with zero attached hydrogens (tertiary/aromatic N) is 2. The molecule has 1 aliphatic rings. The van der Waals surface area contributed by atoms with Gasteiger partial charge >= 0.3 is 5.97 Å². The van der Waals surface area contributed by atoms with Gasteiger partial charge in [0.2, 0.25) is 0 Å². The van der Waals surface area contributed by atoms with E-state index in [-0.39, 0.29) is 23.6 Å². The van der Waals surface area contributed by atoms with E-state index in [1.165, 1.54) is 7.05 Å². The number of carboxylic acids is 1. The zero-order valence-electron chi connectivity index (χ0n) is 10.6. The molecule has 1 aliphatic carbocycles. The summed E-state index contributed by atoms with van der Waals surface area (Å²) in [6.07, 6.45) is 2.07. The lowest BCUT2D eigenvalue weighted by Crippen LogP contribution is -2.21. The Balaban J connectivity index is 1.93. The van der Waals surface area contributed by atoms with Crippen molar-refractivity contribution in [3.8, 4) is 0 Å². The van der Waals surface area contributed by atoms with Crippen molar-refractivity contribution < 1.29 is 14.7 Å². The van der Waals surface area contributed by atoms with Crippen molar-refractivity contribution in [2.45, 2.75) is 25.3 Å². The Bertz CT molecular complexity index is 474. The van der Waals surface area contributed by atoms with E-state index in [2.05, 4.69) is 20.8 Å². The lowest BCUT2D eigenvalue weighted by molar-refractivity contribution is -0.141. The van der Waals surface area contributed by atoms with Crippen molar-refractivity contribution in [2.75, 3.05) is 12.4 Å². The molecule has 0 spiro atoms. The van der Waals surface area contributed by atoms with Crippen LogP contribution in [0.4, 0.5) is 5.82 Å². The van der Waals surface area contributed by atoms with E-state index in [4.69, 9.17) is 5.11 Å². The normalized spacial score (nSPS) is 21.9. The number of carbonyl (C=O) groups excluding carboxylic acids is 1. The molecule has 2 rings (SSSR count). The Labute approximate surface area is 110 Å². The van der Waals surface area contributed by atoms with Gasteiger partial charge in [0.15, 0.2) is 5.69 Å². The van der Waals surface area contributed by atoms with E-state index in [0.717, 1.165) is 6.42 Å². The van der Waals surface area contributed by atoms with Crippen LogP contribution in [0.5, 0.6) is 0 Å². The molecule has 19 heavy (non-hydrogen) atoms. The van der Waals surface area contributed by atoms with E-state index < -0.39 is 5.97 Å². The van der Waals surface area contributed by atoms with Gasteiger partial charge in [-0.3, -0.25) is 9.59 Å². The number of nitrogens with one attached hydrogen (secondary N) is 2. The number of aliphatic carboxylic acids is 1. The fraction of sp³-hybridized carbons (Fsp3) is 0.500. The first-order valence-corrected chi connectivity index (χ1v) is 6.15. The van der Waals surface area contributed by atoms with E-state index in [0.29, 0.717) is 18.7 Å². The Morgan fingerprint density at radius 1 is 1.32 bits per heavy atom. The molecule has 0 bridgehead atoms. The lowest BCUT2D eigenvalue weighted by atomic mass is 10.1. The maximum atomic E-state index is 11.3. The van der Waals surface area contributed by atoms with Gasteiger partial charge in [0.05, 0.1) is 5.92 Å². The van der Waals surface area contributed by atoms with Gasteiger partial charge in [0.1, 0.15) is 5.82 Å². The first kappa shape index (κ1) is 13.3. The van der Waals surface area contributed by atoms with Gasteiger partial charge in [0.25, 0.3) is 5.91 Å². The summed E-state index contributed by atoms with van der Waals surface area (Å²) in [4.78, 5) is 22.1. The average Bonchev–Trinajstić information content (AvgIpc) is 2.87. The molecule has 2 atom stereocenters. The largest absolute Gasteiger partial charge is 0.481 e. The predicted octanol–water partition coefficient (Wildman–Crippen LogP) is 0.501. The lowest BCUT2D eigenvalue weighted by Gasteiger charge is -2.12. The van der Waals surface area contributed by atoms with Crippen molar-refractivity contribution in [1.82, 2.24) is 15.5 Å². The molecule has 0 aromatic carbocycles. The fourth-order valence-corrected chi connectivity index (χ4v) is 2.20. The van der Waals surface area contributed by atoms with Crippen molar-refractivity contribution in [3.63, 3.8) is 0 Å². The van der Waals surface area contributed by atoms with Gasteiger partial charge in [-0.15, -0.1) is 10.2 Å². The Kier molecular flexibility index (Phi) is 3.94. The van der Waals surface area contributed by atoms with Gasteiger partial charge in [-0.05, 0) is 31.4 Å². The Hall–Kier alpha value is -2.18. The van der Waals surface area contributed by atoms with E-state index >= 15 is 0 Å². The quantitative estimate of drug-likeness (QED) is 0.731. The molecule has 1 aromatic heterocycles. The second-order valence-electron chi connectivity index (χ2n) is 4.57. The number of rotatable bonds is 4. The van der Waals surface area contributed by atoms with Crippen molar-refractivity contribution >= 4 is 17.7 Å². The molecule has 7 nitrogen and oxygen atoms in total. The standard InChI is InChI=1S/C12H16N4O3/c1-13-11(17)9-4-5-10(16-15-9)14-8-3-2-7(6-8)12(18)19/h4-5,7-8H,2-3,6H2,1H3,(H,13,17)(H,14,16)(H,18,19). The second-order valence-corrected chi connectivity index (χ2v) is 4.57. The van der Waals surface area contributed by atoms with Gasteiger partial charge in [-0.25, -0.2) is 0 Å². The maximum Gasteiger partial charge on any atom is 0.306 e. The molecule has 1 saturated carbocycles. The monoisotopic (exact) mass is 264 g/mol. The van der Waals surface area contributed by atoms with Crippen LogP contribution in [0.1, 0.15) is 29.8 Å². The van der Waals surface area contributed by atoms with Gasteiger partial charge in [-0.2, -0.15) is 0 Å². The minimum absolute atomic E-state index is 0.0984. The van der Waals surface area contributed by atoms with Gasteiger partial charge in [0, 0.05) is 13.1 Å². The molecule has 102 valence electrons. The summed E-state index contributed by atoms with van der Waals surface area (Å²) < 4.78 is 0. The molecular formula is C12H16N4O3. The number of hydrogen-bond acceptors (Lipinski definition) is 5. The summed E-state index contributed by atoms with van der Waals surface area (Å²) in [5.41, 5.74) is 0.253. The SMILES string of the molecule is CNC(=O)c1ccc(NC2CCC(C(=O)O)C2)nn1. The molecule has 0 saturated heterocycles. The van der Waals surface area contributed by atoms with Crippen LogP contribution in [0.3, 0.4) is 0 Å². The first-order chi connectivity index (χ1) is 9.10. The molecule has 0 radical (unpaired) electrons. The van der Waals surface area contributed by atoms with Crippen LogP contribution in [0.15, 0.2) is 12.1 Å². The Morgan fingerprint density at radius 3 is 2.63 bits per heavy atom. The van der Waals surface area contributed by atoms with Crippen LogP contribution >= 0.6 is 0 Å². The van der Waals surface area contributed by atoms with Gasteiger partial charge in [-0.1, -0.05) is 0 Å². The smallest absolute Gasteiger partial charge is 0.306 e. The summed E-state index contributed by atoms with van der Waals surface area (Å²) in [7, 11) is 1.53. The van der Waals surface area contributed by atoms with Crippen LogP contribution in [0.25, 0.3) is 0 Å². The van der Waals surface area contributed by atoms with E-state index in [9.17, 15) is 9.59 Å². The zero-order valence-corrected chi connectivity index (χ0v) is 10.6. The molecule has 7 heteroatoms. The molecular weight excluding hydrogens is 248 g/mol. The number of aromatic nitrogens is 2. The van der Waals surface area contributed by atoms with Gasteiger partial charge < -0.3 is 15.7 Å². The fourth-order valence-electron chi connectivity index (χ4n) is 2.20. The minimum atomic E-state index is -0.745. The number of amides is 1. The highest BCUT2D eigenvalue weighted by Gasteiger charge is 2.29. The van der Waals surface area contributed by atoms with Crippen molar-refractivity contribution in [1.29, 1.82) is 0 Å². The van der Waals surface area contributed by atoms with Crippen LogP contribution < -0.4 is 10.6 Å². The average molecular weight is 264 g/mol. The summed E-state index contributed by atoms with van der Waals surface area (Å²) in [5, 5.41) is 22.2. The first-order valence-electron chi connectivity index (χ1n) is 6.15. The molecule has 1 fully saturated rings. The predicted molar refractivity (Wildman–Crippen MR) is 67.8 cm³/mol. The molecule has 2 unspecified atom stereocenters. The molecule has 3 N–H and O–H groups in total. The second kappa shape index (κ2) is 5.64. The van der Waals surface area contributed by atoms with Crippen LogP contribution in [0.2, 0.25) is 0 Å². The van der Waals surface area contributed by atoms with Crippen molar-refractivity contribution in [3.05, 3.63) is 17.8 Å². The highest BCUT2D eigenvalue weighted by molar-refractivity contribution is 5.91. The van der Waals surface area contributed by atoms with Crippen LogP contribution in [-0.2, 0) is 4.79 Å². The highest BCUT2D eigenvalue weighted by atomic mass is 16.4. The summed E-state index contributed by atoms with van der Waals surface area (Å²) >= 11 is 0. The minimum Gasteiger partial charge on any atom is -0.481 e. The van der Waals surface area contributed by atoms with Crippen molar-refractivity contribution in [2.24, 2.45) is 5.92 Å². The third kappa shape index (κ3) is 3.18. The topological polar surface area (TPSA) is 104 Å². The summed E-state index contributed by atoms with van der Waals surface area (Å²) in [5.74, 6) is -0.754. The summed E-state index contributed by atoms with van der Waals surface area (Å²) in [6, 6.07) is 3.35. The Morgan fingerprint density at radius 2 is 2.11 bits per heavy atom. The number of hydrogen-bond donors (Lipinski definition) is 3. The van der Waals surface area contributed by atoms with E-state index in [1.807, 2.05) is 0 Å².